The second-order valence-corrected chi connectivity index (χ2v) is 10.1. The van der Waals surface area contributed by atoms with Gasteiger partial charge in [0.25, 0.3) is 11.5 Å². The Kier molecular flexibility index (Phi) is 6.20. The lowest BCUT2D eigenvalue weighted by Gasteiger charge is -2.30. The molecule has 0 spiro atoms. The number of amides is 1. The number of hydrogen-bond acceptors (Lipinski definition) is 4. The van der Waals surface area contributed by atoms with Gasteiger partial charge in [-0.25, -0.2) is 0 Å². The summed E-state index contributed by atoms with van der Waals surface area (Å²) in [5.74, 6) is 0.00120. The summed E-state index contributed by atoms with van der Waals surface area (Å²) in [6.45, 7) is 0.784. The van der Waals surface area contributed by atoms with Gasteiger partial charge in [0, 0.05) is 36.2 Å². The predicted octanol–water partition coefficient (Wildman–Crippen LogP) is 5.11. The minimum absolute atomic E-state index is 0.0710. The van der Waals surface area contributed by atoms with Crippen molar-refractivity contribution >= 4 is 17.3 Å². The third-order valence-electron chi connectivity index (χ3n) is 7.73. The molecule has 188 valence electrons. The summed E-state index contributed by atoms with van der Waals surface area (Å²) in [5, 5.41) is 4.66. The van der Waals surface area contributed by atoms with Crippen LogP contribution in [0.4, 0.5) is 0 Å². The van der Waals surface area contributed by atoms with Crippen LogP contribution in [0.3, 0.4) is 0 Å². The predicted molar refractivity (Wildman–Crippen MR) is 142 cm³/mol. The van der Waals surface area contributed by atoms with Crippen LogP contribution in [-0.2, 0) is 13.1 Å². The number of ketones is 1. The van der Waals surface area contributed by atoms with Crippen LogP contribution in [0, 0.1) is 0 Å². The molecule has 1 aliphatic carbocycles. The molecule has 7 heteroatoms. The van der Waals surface area contributed by atoms with Crippen molar-refractivity contribution in [2.24, 2.45) is 0 Å². The third-order valence-corrected chi connectivity index (χ3v) is 7.73. The molecule has 1 saturated carbocycles. The van der Waals surface area contributed by atoms with Crippen molar-refractivity contribution in [1.29, 1.82) is 0 Å². The van der Waals surface area contributed by atoms with Gasteiger partial charge in [0.2, 0.25) is 0 Å². The van der Waals surface area contributed by atoms with E-state index in [2.05, 4.69) is 5.10 Å². The van der Waals surface area contributed by atoms with Crippen molar-refractivity contribution in [3.05, 3.63) is 93.9 Å². The van der Waals surface area contributed by atoms with Crippen LogP contribution in [-0.4, -0.2) is 36.8 Å². The maximum absolute atomic E-state index is 13.8. The number of hydrogen-bond donors (Lipinski definition) is 0. The largest absolute Gasteiger partial charge is 0.330 e. The summed E-state index contributed by atoms with van der Waals surface area (Å²) in [4.78, 5) is 42.0. The minimum Gasteiger partial charge on any atom is -0.330 e. The van der Waals surface area contributed by atoms with Gasteiger partial charge in [-0.2, -0.15) is 9.61 Å². The van der Waals surface area contributed by atoms with Gasteiger partial charge in [0.15, 0.2) is 5.78 Å². The summed E-state index contributed by atoms with van der Waals surface area (Å²) < 4.78 is 3.37. The zero-order chi connectivity index (χ0) is 25.4. The number of Topliss-reactive ketones (excluding diaryl/α,β-unsaturated/α-hetero) is 1. The molecule has 3 heterocycles. The minimum atomic E-state index is -0.226. The Labute approximate surface area is 215 Å². The first kappa shape index (κ1) is 23.4. The molecular formula is C30H30N4O3. The van der Waals surface area contributed by atoms with Crippen LogP contribution in [0.25, 0.3) is 16.9 Å². The Balaban J connectivity index is 1.39. The fraction of sp³-hybridized carbons (Fsp3) is 0.333. The first-order valence-corrected chi connectivity index (χ1v) is 13.2. The number of aryl methyl sites for hydroxylation is 1. The van der Waals surface area contributed by atoms with E-state index in [-0.39, 0.29) is 23.3 Å². The zero-order valence-electron chi connectivity index (χ0n) is 20.8. The molecule has 0 unspecified atom stereocenters. The first-order valence-electron chi connectivity index (χ1n) is 13.2. The van der Waals surface area contributed by atoms with E-state index in [4.69, 9.17) is 0 Å². The fourth-order valence-corrected chi connectivity index (χ4v) is 5.81. The molecule has 37 heavy (non-hydrogen) atoms. The Morgan fingerprint density at radius 1 is 0.919 bits per heavy atom. The van der Waals surface area contributed by atoms with Crippen molar-refractivity contribution in [2.45, 2.75) is 64.1 Å². The van der Waals surface area contributed by atoms with Gasteiger partial charge >= 0.3 is 0 Å². The molecule has 1 aliphatic heterocycles. The Bertz CT molecular complexity index is 1520. The first-order chi connectivity index (χ1) is 18.1. The van der Waals surface area contributed by atoms with Gasteiger partial charge in [-0.05, 0) is 19.3 Å². The van der Waals surface area contributed by atoms with E-state index >= 15 is 0 Å². The molecule has 0 N–H and O–H groups in total. The zero-order valence-corrected chi connectivity index (χ0v) is 20.8. The molecule has 7 nitrogen and oxygen atoms in total. The number of aromatic nitrogens is 3. The van der Waals surface area contributed by atoms with E-state index in [1.54, 1.807) is 0 Å². The lowest BCUT2D eigenvalue weighted by atomic mass is 9.94. The highest BCUT2D eigenvalue weighted by Gasteiger charge is 2.38. The van der Waals surface area contributed by atoms with Crippen molar-refractivity contribution in [3.8, 4) is 11.3 Å². The molecule has 2 aliphatic rings. The Hall–Kier alpha value is -4.00. The molecule has 1 fully saturated rings. The van der Waals surface area contributed by atoms with E-state index < -0.39 is 0 Å². The van der Waals surface area contributed by atoms with Gasteiger partial charge in [0.05, 0.1) is 17.8 Å². The highest BCUT2D eigenvalue weighted by Crippen LogP contribution is 2.31. The van der Waals surface area contributed by atoms with Crippen LogP contribution in [0.5, 0.6) is 0 Å². The number of carbonyl (C=O) groups excluding carboxylic acids is 2. The normalized spacial score (nSPS) is 15.9. The Morgan fingerprint density at radius 2 is 1.62 bits per heavy atom. The molecule has 2 aromatic heterocycles. The second-order valence-electron chi connectivity index (χ2n) is 10.1. The molecular weight excluding hydrogens is 464 g/mol. The molecule has 6 rings (SSSR count). The molecule has 1 amide bonds. The highest BCUT2D eigenvalue weighted by atomic mass is 16.2. The van der Waals surface area contributed by atoms with Crippen molar-refractivity contribution in [1.82, 2.24) is 19.1 Å². The fourth-order valence-electron chi connectivity index (χ4n) is 5.81. The molecule has 4 aromatic rings. The Morgan fingerprint density at radius 3 is 2.35 bits per heavy atom. The highest BCUT2D eigenvalue weighted by molar-refractivity contribution is 5.98. The van der Waals surface area contributed by atoms with E-state index in [9.17, 15) is 14.4 Å². The molecule has 0 bridgehead atoms. The molecule has 0 radical (unpaired) electrons. The van der Waals surface area contributed by atoms with Crippen LogP contribution >= 0.6 is 0 Å². The van der Waals surface area contributed by atoms with E-state index in [0.29, 0.717) is 54.1 Å². The number of benzene rings is 2. The maximum atomic E-state index is 13.8. The standard InChI is InChI=1S/C30H30N4O3/c35-26(22-13-6-2-7-14-22)17-10-18-32-27-19-25(21-11-4-1-5-12-21)31-34(27)29(36)24-20-33(30(37)28(24)32)23-15-8-3-9-16-23/h1-2,4-7,11-14,19,23H,3,8-10,15-18,20H2. The lowest BCUT2D eigenvalue weighted by Crippen LogP contribution is -2.37. The van der Waals surface area contributed by atoms with E-state index in [0.717, 1.165) is 31.2 Å². The van der Waals surface area contributed by atoms with Gasteiger partial charge in [-0.1, -0.05) is 79.9 Å². The second kappa shape index (κ2) is 9.81. The van der Waals surface area contributed by atoms with Crippen LogP contribution in [0.15, 0.2) is 71.5 Å². The van der Waals surface area contributed by atoms with Crippen LogP contribution < -0.4 is 5.56 Å². The van der Waals surface area contributed by atoms with E-state index in [1.807, 2.05) is 76.2 Å². The van der Waals surface area contributed by atoms with Gasteiger partial charge in [-0.15, -0.1) is 0 Å². The van der Waals surface area contributed by atoms with Gasteiger partial charge < -0.3 is 9.47 Å². The van der Waals surface area contributed by atoms with E-state index in [1.165, 1.54) is 10.9 Å². The average Bonchev–Trinajstić information content (AvgIpc) is 3.55. The summed E-state index contributed by atoms with van der Waals surface area (Å²) in [6, 6.07) is 21.1. The van der Waals surface area contributed by atoms with Crippen molar-refractivity contribution in [2.75, 3.05) is 0 Å². The molecule has 2 aromatic carbocycles. The quantitative estimate of drug-likeness (QED) is 0.335. The summed E-state index contributed by atoms with van der Waals surface area (Å²) in [7, 11) is 0. The monoisotopic (exact) mass is 494 g/mol. The maximum Gasteiger partial charge on any atom is 0.280 e. The third kappa shape index (κ3) is 4.28. The number of nitrogens with zero attached hydrogens (tertiary/aromatic N) is 4. The number of carbonyl (C=O) groups is 2. The van der Waals surface area contributed by atoms with Crippen molar-refractivity contribution in [3.63, 3.8) is 0 Å². The summed E-state index contributed by atoms with van der Waals surface area (Å²) in [5.41, 5.74) is 3.63. The van der Waals surface area contributed by atoms with Gasteiger partial charge in [-0.3, -0.25) is 14.4 Å². The van der Waals surface area contributed by atoms with Crippen molar-refractivity contribution < 1.29 is 9.59 Å². The smallest absolute Gasteiger partial charge is 0.280 e. The summed E-state index contributed by atoms with van der Waals surface area (Å²) in [6.07, 6.45) is 6.30. The lowest BCUT2D eigenvalue weighted by molar-refractivity contribution is 0.0652. The van der Waals surface area contributed by atoms with Gasteiger partial charge in [0.1, 0.15) is 11.3 Å². The molecule has 0 saturated heterocycles. The van der Waals surface area contributed by atoms with Crippen LogP contribution in [0.2, 0.25) is 0 Å². The number of rotatable bonds is 7. The molecule has 0 atom stereocenters. The topological polar surface area (TPSA) is 76.7 Å². The SMILES string of the molecule is O=C(CCCn1c2c(c(=O)n3nc(-c4ccccc4)cc13)CN(C1CCCCC1)C2=O)c1ccccc1. The van der Waals surface area contributed by atoms with Crippen LogP contribution in [0.1, 0.15) is 71.4 Å². The summed E-state index contributed by atoms with van der Waals surface area (Å²) >= 11 is 0. The average molecular weight is 495 g/mol. The number of fused-ring (bicyclic) bond motifs is 2.